The Kier molecular flexibility index (Phi) is 4.42. The van der Waals surface area contributed by atoms with Gasteiger partial charge in [0.15, 0.2) is 0 Å². The van der Waals surface area contributed by atoms with Crippen LogP contribution < -0.4 is 10.2 Å². The van der Waals surface area contributed by atoms with Crippen molar-refractivity contribution in [3.05, 3.63) is 28.5 Å². The van der Waals surface area contributed by atoms with E-state index in [2.05, 4.69) is 21.2 Å². The predicted molar refractivity (Wildman–Crippen MR) is 77.9 cm³/mol. The van der Waals surface area contributed by atoms with Gasteiger partial charge in [0.1, 0.15) is 17.9 Å². The van der Waals surface area contributed by atoms with Crippen LogP contribution in [0.2, 0.25) is 0 Å². The van der Waals surface area contributed by atoms with Crippen LogP contribution in [0.4, 0.5) is 10.1 Å². The maximum atomic E-state index is 13.2. The molecule has 0 saturated carbocycles. The molecule has 1 aromatic rings. The first-order chi connectivity index (χ1) is 9.49. The third-order valence-corrected chi connectivity index (χ3v) is 4.07. The highest BCUT2D eigenvalue weighted by molar-refractivity contribution is 9.10. The summed E-state index contributed by atoms with van der Waals surface area (Å²) in [5.41, 5.74) is 0.525. The van der Waals surface area contributed by atoms with Crippen molar-refractivity contribution in [3.63, 3.8) is 0 Å². The van der Waals surface area contributed by atoms with E-state index in [1.165, 1.54) is 23.1 Å². The van der Waals surface area contributed by atoms with Gasteiger partial charge in [0, 0.05) is 4.47 Å². The fourth-order valence-corrected chi connectivity index (χ4v) is 2.92. The van der Waals surface area contributed by atoms with Crippen LogP contribution in [0.15, 0.2) is 22.7 Å². The average Bonchev–Trinajstić information content (AvgIpc) is 2.41. The first-order valence-corrected chi connectivity index (χ1v) is 7.37. The zero-order valence-corrected chi connectivity index (χ0v) is 12.9. The number of hydrogen-bond acceptors (Lipinski definition) is 2. The van der Waals surface area contributed by atoms with Crippen molar-refractivity contribution in [1.29, 1.82) is 0 Å². The summed E-state index contributed by atoms with van der Waals surface area (Å²) >= 11 is 3.26. The van der Waals surface area contributed by atoms with Gasteiger partial charge < -0.3 is 5.32 Å². The van der Waals surface area contributed by atoms with Crippen molar-refractivity contribution in [2.24, 2.45) is 0 Å². The van der Waals surface area contributed by atoms with Gasteiger partial charge in [-0.25, -0.2) is 4.39 Å². The van der Waals surface area contributed by atoms with Crippen molar-refractivity contribution in [2.45, 2.75) is 38.8 Å². The van der Waals surface area contributed by atoms with Gasteiger partial charge in [0.05, 0.1) is 5.69 Å². The first-order valence-electron chi connectivity index (χ1n) is 6.58. The van der Waals surface area contributed by atoms with Gasteiger partial charge in [-0.1, -0.05) is 13.8 Å². The minimum atomic E-state index is -0.563. The highest BCUT2D eigenvalue weighted by Gasteiger charge is 2.40. The second-order valence-corrected chi connectivity index (χ2v) is 5.55. The normalized spacial score (nSPS) is 22.9. The topological polar surface area (TPSA) is 49.4 Å². The summed E-state index contributed by atoms with van der Waals surface area (Å²) in [6.07, 6.45) is 1.02. The number of hydrogen-bond donors (Lipinski definition) is 1. The van der Waals surface area contributed by atoms with E-state index in [9.17, 15) is 14.0 Å². The maximum absolute atomic E-state index is 13.2. The lowest BCUT2D eigenvalue weighted by molar-refractivity contribution is -0.134. The molecule has 2 atom stereocenters. The Morgan fingerprint density at radius 3 is 2.55 bits per heavy atom. The number of halogens is 2. The Morgan fingerprint density at radius 1 is 1.30 bits per heavy atom. The number of carbonyl (C=O) groups excluding carboxylic acids is 2. The Morgan fingerprint density at radius 2 is 2.00 bits per heavy atom. The van der Waals surface area contributed by atoms with Gasteiger partial charge in [0.25, 0.3) is 0 Å². The van der Waals surface area contributed by atoms with Crippen LogP contribution in [0.1, 0.15) is 26.7 Å². The number of carbonyl (C=O) groups is 2. The lowest BCUT2D eigenvalue weighted by atomic mass is 10.0. The molecule has 1 aliphatic rings. The van der Waals surface area contributed by atoms with Crippen LogP contribution in [0, 0.1) is 5.82 Å². The molecular weight excluding hydrogens is 327 g/mol. The molecule has 1 aromatic carbocycles. The Hall–Kier alpha value is -1.43. The first kappa shape index (κ1) is 15.0. The quantitative estimate of drug-likeness (QED) is 0.917. The second kappa shape index (κ2) is 5.91. The fraction of sp³-hybridized carbons (Fsp3) is 0.429. The highest BCUT2D eigenvalue weighted by atomic mass is 79.9. The summed E-state index contributed by atoms with van der Waals surface area (Å²) < 4.78 is 13.7. The minimum absolute atomic E-state index is 0.161. The van der Waals surface area contributed by atoms with Crippen molar-refractivity contribution < 1.29 is 14.0 Å². The number of benzene rings is 1. The number of nitrogens with one attached hydrogen (secondary N) is 1. The van der Waals surface area contributed by atoms with Crippen LogP contribution in [0.25, 0.3) is 0 Å². The second-order valence-electron chi connectivity index (χ2n) is 4.70. The van der Waals surface area contributed by atoms with Crippen LogP contribution in [0.5, 0.6) is 0 Å². The summed E-state index contributed by atoms with van der Waals surface area (Å²) in [5.74, 6) is -0.726. The molecule has 2 rings (SSSR count). The van der Waals surface area contributed by atoms with E-state index >= 15 is 0 Å². The Bertz CT molecular complexity index is 550. The van der Waals surface area contributed by atoms with Gasteiger partial charge in [-0.05, 0) is 47.0 Å². The summed E-state index contributed by atoms with van der Waals surface area (Å²) in [5, 5.41) is 2.73. The third kappa shape index (κ3) is 2.57. The van der Waals surface area contributed by atoms with E-state index in [0.717, 1.165) is 0 Å². The summed E-state index contributed by atoms with van der Waals surface area (Å²) in [7, 11) is 0. The van der Waals surface area contributed by atoms with E-state index in [0.29, 0.717) is 23.0 Å². The zero-order chi connectivity index (χ0) is 14.9. The zero-order valence-electron chi connectivity index (χ0n) is 11.3. The van der Waals surface area contributed by atoms with Crippen molar-refractivity contribution in [3.8, 4) is 0 Å². The Balaban J connectivity index is 2.47. The van der Waals surface area contributed by atoms with E-state index < -0.39 is 17.9 Å². The lowest BCUT2D eigenvalue weighted by Gasteiger charge is -2.38. The number of amides is 2. The molecule has 4 nitrogen and oxygen atoms in total. The lowest BCUT2D eigenvalue weighted by Crippen LogP contribution is -2.63. The summed E-state index contributed by atoms with van der Waals surface area (Å²) in [6, 6.07) is 3.01. The monoisotopic (exact) mass is 342 g/mol. The number of nitrogens with zero attached hydrogens (tertiary/aromatic N) is 1. The number of piperazine rings is 1. The molecule has 0 spiro atoms. The maximum Gasteiger partial charge on any atom is 0.250 e. The van der Waals surface area contributed by atoms with Crippen LogP contribution >= 0.6 is 15.9 Å². The molecule has 108 valence electrons. The van der Waals surface area contributed by atoms with Gasteiger partial charge in [-0.3, -0.25) is 14.5 Å². The smallest absolute Gasteiger partial charge is 0.250 e. The molecule has 2 unspecified atom stereocenters. The van der Waals surface area contributed by atoms with E-state index in [1.807, 2.05) is 13.8 Å². The molecule has 0 aliphatic carbocycles. The summed E-state index contributed by atoms with van der Waals surface area (Å²) in [6.45, 7) is 3.68. The van der Waals surface area contributed by atoms with E-state index in [-0.39, 0.29) is 11.8 Å². The molecule has 1 aliphatic heterocycles. The van der Waals surface area contributed by atoms with Crippen LogP contribution in [0.3, 0.4) is 0 Å². The van der Waals surface area contributed by atoms with Gasteiger partial charge in [-0.15, -0.1) is 0 Å². The largest absolute Gasteiger partial charge is 0.342 e. The van der Waals surface area contributed by atoms with Crippen LogP contribution in [-0.4, -0.2) is 23.9 Å². The molecule has 1 fully saturated rings. The predicted octanol–water partition coefficient (Wildman–Crippen LogP) is 2.61. The minimum Gasteiger partial charge on any atom is -0.342 e. The molecule has 1 heterocycles. The standard InChI is InChI=1S/C14H16BrFN2O2/c1-3-10-14(20)18(11(4-2)13(19)17-10)12-6-5-8(16)7-9(12)15/h5-7,10-11H,3-4H2,1-2H3,(H,17,19). The Labute approximate surface area is 125 Å². The number of anilines is 1. The van der Waals surface area contributed by atoms with Gasteiger partial charge >= 0.3 is 0 Å². The van der Waals surface area contributed by atoms with E-state index in [1.54, 1.807) is 0 Å². The highest BCUT2D eigenvalue weighted by Crippen LogP contribution is 2.31. The molecule has 0 radical (unpaired) electrons. The van der Waals surface area contributed by atoms with E-state index in [4.69, 9.17) is 0 Å². The molecule has 1 N–H and O–H groups in total. The SMILES string of the molecule is CCC1NC(=O)C(CC)N(c2ccc(F)cc2Br)C1=O. The van der Waals surface area contributed by atoms with Crippen LogP contribution in [-0.2, 0) is 9.59 Å². The molecule has 2 amide bonds. The molecule has 6 heteroatoms. The molecule has 1 saturated heterocycles. The molecular formula is C14H16BrFN2O2. The van der Waals surface area contributed by atoms with Gasteiger partial charge in [0.2, 0.25) is 11.8 Å². The molecule has 0 aromatic heterocycles. The fourth-order valence-electron chi connectivity index (χ4n) is 2.38. The van der Waals surface area contributed by atoms with Gasteiger partial charge in [-0.2, -0.15) is 0 Å². The van der Waals surface area contributed by atoms with Crippen molar-refractivity contribution >= 4 is 33.4 Å². The number of rotatable bonds is 3. The third-order valence-electron chi connectivity index (χ3n) is 3.43. The van der Waals surface area contributed by atoms with Crippen molar-refractivity contribution in [1.82, 2.24) is 5.32 Å². The molecule has 0 bridgehead atoms. The molecule has 20 heavy (non-hydrogen) atoms. The summed E-state index contributed by atoms with van der Waals surface area (Å²) in [4.78, 5) is 26.1. The average molecular weight is 343 g/mol. The van der Waals surface area contributed by atoms with Crippen molar-refractivity contribution in [2.75, 3.05) is 4.90 Å².